The van der Waals surface area contributed by atoms with Gasteiger partial charge >= 0.3 is 30.2 Å². The van der Waals surface area contributed by atoms with Crippen LogP contribution in [0.2, 0.25) is 0 Å². The minimum Gasteiger partial charge on any atom is -0.455 e. The number of aliphatic hydroxyl groups is 1. The molecule has 11 atom stereocenters. The summed E-state index contributed by atoms with van der Waals surface area (Å²) in [5, 5.41) is 27.9. The third kappa shape index (κ3) is 9.67. The number of amides is 1. The number of nitro benzene ring substituents is 1. The molecule has 72 heavy (non-hydrogen) atoms. The van der Waals surface area contributed by atoms with Gasteiger partial charge in [-0.05, 0) is 75.6 Å². The van der Waals surface area contributed by atoms with Crippen LogP contribution in [0.15, 0.2) is 96.1 Å². The molecule has 1 amide bonds. The lowest BCUT2D eigenvalue weighted by molar-refractivity contribution is -0.384. The van der Waals surface area contributed by atoms with Crippen molar-refractivity contribution in [3.8, 4) is 5.75 Å². The van der Waals surface area contributed by atoms with E-state index in [2.05, 4.69) is 5.32 Å². The lowest BCUT2D eigenvalue weighted by atomic mass is 9.44. The molecule has 1 saturated heterocycles. The Bertz CT molecular complexity index is 2610. The average Bonchev–Trinajstić information content (AvgIpc) is 3.31. The summed E-state index contributed by atoms with van der Waals surface area (Å²) in [6.07, 6.45) is -11.8. The van der Waals surface area contributed by atoms with Gasteiger partial charge in [-0.2, -0.15) is 0 Å². The highest BCUT2D eigenvalue weighted by atomic mass is 16.7. The van der Waals surface area contributed by atoms with Crippen molar-refractivity contribution in [2.24, 2.45) is 16.7 Å². The molecule has 20 nitrogen and oxygen atoms in total. The molecular weight excluding hydrogens is 941 g/mol. The van der Waals surface area contributed by atoms with Crippen LogP contribution >= 0.6 is 0 Å². The summed E-state index contributed by atoms with van der Waals surface area (Å²) in [5.74, 6) is -5.14. The summed E-state index contributed by atoms with van der Waals surface area (Å²) >= 11 is 0. The van der Waals surface area contributed by atoms with Gasteiger partial charge in [0.15, 0.2) is 11.4 Å². The molecule has 2 N–H and O–H groups in total. The number of Topliss-reactive ketones (excluding diaryl/α,β-unsaturated/α-hetero) is 1. The highest BCUT2D eigenvalue weighted by Gasteiger charge is 2.78. The van der Waals surface area contributed by atoms with Gasteiger partial charge in [-0.25, -0.2) is 19.2 Å². The number of non-ortho nitro benzene ring substituents is 1. The number of hydrogen-bond acceptors (Lipinski definition) is 18. The molecule has 0 unspecified atom stereocenters. The van der Waals surface area contributed by atoms with Crippen LogP contribution in [-0.4, -0.2) is 120 Å². The number of benzene rings is 3. The summed E-state index contributed by atoms with van der Waals surface area (Å²) in [5.41, 5.74) is -8.00. The first-order valence-corrected chi connectivity index (χ1v) is 23.3. The highest BCUT2D eigenvalue weighted by molar-refractivity contribution is 5.94. The predicted molar refractivity (Wildman–Crippen MR) is 251 cm³/mol. The molecule has 1 heterocycles. The molecule has 3 aromatic rings. The quantitative estimate of drug-likeness (QED) is 0.0451. The molecule has 20 heteroatoms. The van der Waals surface area contributed by atoms with Crippen molar-refractivity contribution in [2.45, 2.75) is 128 Å². The van der Waals surface area contributed by atoms with Crippen molar-refractivity contribution < 1.29 is 81.4 Å². The SMILES string of the molecule is CO[C@H]1C(=O)[C@]2(C)[C@@H](OC)C[C@H]3OC[C@@]3(OC(C)=O)[C@H]2[C@H](OC(=O)c2ccccc2)[C@]2(O)C[C@H](OC(=O)[C@H](OC(=O)Oc3ccc([N+](=O)[O-])cc3)[C@@H](NC(=O)OC(C)(C)C)c3ccccc3)C(C)=C1C2(C)C. The molecule has 2 bridgehead atoms. The number of esters is 3. The monoisotopic (exact) mass is 1000 g/mol. The van der Waals surface area contributed by atoms with Gasteiger partial charge in [-0.1, -0.05) is 62.4 Å². The van der Waals surface area contributed by atoms with E-state index in [0.717, 1.165) is 24.3 Å². The van der Waals surface area contributed by atoms with Gasteiger partial charge in [0.05, 0.1) is 34.5 Å². The zero-order valence-corrected chi connectivity index (χ0v) is 41.7. The Balaban J connectivity index is 1.39. The number of carbonyl (C=O) groups excluding carboxylic acids is 6. The van der Waals surface area contributed by atoms with E-state index in [1.165, 1.54) is 45.4 Å². The highest BCUT2D eigenvalue weighted by Crippen LogP contribution is 2.65. The first-order chi connectivity index (χ1) is 33.8. The number of ketones is 1. The topological polar surface area (TPSA) is 261 Å². The lowest BCUT2D eigenvalue weighted by Gasteiger charge is -2.67. The number of ether oxygens (including phenoxy) is 9. The van der Waals surface area contributed by atoms with Crippen molar-refractivity contribution in [1.29, 1.82) is 0 Å². The van der Waals surface area contributed by atoms with E-state index in [9.17, 15) is 34.4 Å². The summed E-state index contributed by atoms with van der Waals surface area (Å²) in [7, 11) is 2.71. The van der Waals surface area contributed by atoms with Crippen LogP contribution in [0.4, 0.5) is 15.3 Å². The van der Waals surface area contributed by atoms with Gasteiger partial charge in [0, 0.05) is 51.5 Å². The molecule has 1 aliphatic heterocycles. The number of nitrogens with zero attached hydrogens (tertiary/aromatic N) is 1. The minimum absolute atomic E-state index is 0.0618. The fourth-order valence-electron chi connectivity index (χ4n) is 11.0. The molecule has 3 fully saturated rings. The first kappa shape index (κ1) is 53.1. The van der Waals surface area contributed by atoms with Crippen molar-refractivity contribution in [1.82, 2.24) is 5.32 Å². The molecule has 0 aromatic heterocycles. The fraction of sp³-hybridized carbons (Fsp3) is 0.500. The normalized spacial score (nSPS) is 29.2. The minimum atomic E-state index is -2.36. The summed E-state index contributed by atoms with van der Waals surface area (Å²) < 4.78 is 54.0. The van der Waals surface area contributed by atoms with Gasteiger partial charge in [0.2, 0.25) is 6.10 Å². The molecule has 3 aromatic carbocycles. The Morgan fingerprint density at radius 2 is 1.53 bits per heavy atom. The lowest BCUT2D eigenvalue weighted by Crippen LogP contribution is -2.82. The molecule has 4 aliphatic rings. The zero-order valence-electron chi connectivity index (χ0n) is 41.7. The van der Waals surface area contributed by atoms with Gasteiger partial charge < -0.3 is 53.1 Å². The van der Waals surface area contributed by atoms with Crippen LogP contribution in [0.5, 0.6) is 5.75 Å². The maximum absolute atomic E-state index is 15.8. The van der Waals surface area contributed by atoms with Crippen molar-refractivity contribution in [3.63, 3.8) is 0 Å². The standard InChI is InChI=1S/C52H60N2O18/c1-28-34(68-45(58)40(69-47(60)67-33-23-21-32(22-24-33)54(62)63)38(30-17-13-11-14-18-30)53-46(59)72-48(3,4)5)26-52(61)43(70-44(57)31-19-15-12-16-20-31)41-50(8,42(56)39(65-10)37(28)49(52,6)7)35(64-9)25-36-51(41,27-66-36)71-29(2)55/h11-24,34-36,38-41,43,61H,25-27H2,1-10H3,(H,53,59)/t34-,35-,36+,38-,39+,40+,41-,43-,50+,51-,52+/m0/s1. The molecule has 7 rings (SSSR count). The maximum atomic E-state index is 15.8. The van der Waals surface area contributed by atoms with Crippen molar-refractivity contribution in [3.05, 3.63) is 117 Å². The number of methoxy groups -OCH3 is 2. The smallest absolute Gasteiger partial charge is 0.455 e. The number of carbonyl (C=O) groups is 6. The molecule has 2 saturated carbocycles. The third-order valence-corrected chi connectivity index (χ3v) is 14.5. The van der Waals surface area contributed by atoms with E-state index in [0.29, 0.717) is 0 Å². The van der Waals surface area contributed by atoms with Crippen LogP contribution in [0.25, 0.3) is 0 Å². The largest absolute Gasteiger partial charge is 0.514 e. The summed E-state index contributed by atoms with van der Waals surface area (Å²) in [4.78, 5) is 96.7. The van der Waals surface area contributed by atoms with Crippen LogP contribution in [0, 0.1) is 26.9 Å². The van der Waals surface area contributed by atoms with Crippen LogP contribution in [0.3, 0.4) is 0 Å². The number of rotatable bonds is 13. The Kier molecular flexibility index (Phi) is 14.8. The fourth-order valence-corrected chi connectivity index (χ4v) is 11.0. The maximum Gasteiger partial charge on any atom is 0.514 e. The average molecular weight is 1000 g/mol. The van der Waals surface area contributed by atoms with E-state index in [1.54, 1.807) is 84.9 Å². The molecule has 3 aliphatic carbocycles. The second-order valence-corrected chi connectivity index (χ2v) is 20.2. The van der Waals surface area contributed by atoms with E-state index in [1.807, 2.05) is 0 Å². The molecular formula is C52H60N2O18. The molecule has 386 valence electrons. The number of nitrogens with one attached hydrogen (secondary N) is 1. The zero-order chi connectivity index (χ0) is 52.7. The summed E-state index contributed by atoms with van der Waals surface area (Å²) in [6.45, 7) is 12.2. The Hall–Kier alpha value is -6.74. The van der Waals surface area contributed by atoms with Crippen molar-refractivity contribution in [2.75, 3.05) is 20.8 Å². The second-order valence-electron chi connectivity index (χ2n) is 20.2. The Labute approximate surface area is 415 Å². The molecule has 0 radical (unpaired) electrons. The van der Waals surface area contributed by atoms with Crippen LogP contribution < -0.4 is 10.1 Å². The van der Waals surface area contributed by atoms with Crippen molar-refractivity contribution >= 4 is 41.6 Å². The second kappa shape index (κ2) is 20.0. The van der Waals surface area contributed by atoms with Gasteiger partial charge in [0.1, 0.15) is 47.4 Å². The number of fused-ring (bicyclic) bond motifs is 5. The van der Waals surface area contributed by atoms with Crippen LogP contribution in [0.1, 0.15) is 90.2 Å². The summed E-state index contributed by atoms with van der Waals surface area (Å²) in [6, 6.07) is 18.7. The number of alkyl carbamates (subject to hydrolysis) is 1. The van der Waals surface area contributed by atoms with E-state index in [-0.39, 0.29) is 46.7 Å². The van der Waals surface area contributed by atoms with Gasteiger partial charge in [-0.15, -0.1) is 0 Å². The van der Waals surface area contributed by atoms with E-state index in [4.69, 9.17) is 42.6 Å². The van der Waals surface area contributed by atoms with E-state index >= 15 is 9.59 Å². The Morgan fingerprint density at radius 1 is 0.903 bits per heavy atom. The van der Waals surface area contributed by atoms with Crippen LogP contribution in [-0.2, 0) is 52.3 Å². The third-order valence-electron chi connectivity index (χ3n) is 14.5. The van der Waals surface area contributed by atoms with Gasteiger partial charge in [0.25, 0.3) is 5.69 Å². The number of nitro groups is 1. The Morgan fingerprint density at radius 3 is 2.07 bits per heavy atom. The first-order valence-electron chi connectivity index (χ1n) is 23.3. The van der Waals surface area contributed by atoms with E-state index < -0.39 is 124 Å². The van der Waals surface area contributed by atoms with Gasteiger partial charge in [-0.3, -0.25) is 19.7 Å². The number of hydrogen-bond donors (Lipinski definition) is 2. The predicted octanol–water partition coefficient (Wildman–Crippen LogP) is 6.70. The molecule has 0 spiro atoms.